The zero-order chi connectivity index (χ0) is 22.1. The van der Waals surface area contributed by atoms with E-state index in [0.717, 1.165) is 11.3 Å². The Balaban J connectivity index is 1.34. The highest BCUT2D eigenvalue weighted by molar-refractivity contribution is 8.00. The smallest absolute Gasteiger partial charge is 0.255 e. The van der Waals surface area contributed by atoms with E-state index in [2.05, 4.69) is 5.32 Å². The summed E-state index contributed by atoms with van der Waals surface area (Å²) in [7, 11) is 0. The van der Waals surface area contributed by atoms with Crippen LogP contribution in [0, 0.1) is 0 Å². The zero-order valence-corrected chi connectivity index (χ0v) is 18.5. The number of rotatable bonds is 4. The Morgan fingerprint density at radius 1 is 0.969 bits per heavy atom. The molecule has 2 aliphatic heterocycles. The maximum atomic E-state index is 12.7. The van der Waals surface area contributed by atoms with Gasteiger partial charge in [-0.15, -0.1) is 11.8 Å². The van der Waals surface area contributed by atoms with Crippen LogP contribution < -0.4 is 19.7 Å². The van der Waals surface area contributed by atoms with Crippen molar-refractivity contribution in [1.29, 1.82) is 0 Å². The Kier molecular flexibility index (Phi) is 5.68. The van der Waals surface area contributed by atoms with Gasteiger partial charge in [-0.3, -0.25) is 14.5 Å². The highest BCUT2D eigenvalue weighted by atomic mass is 35.5. The Hall–Kier alpha value is -3.16. The van der Waals surface area contributed by atoms with Crippen LogP contribution in [0.2, 0.25) is 5.02 Å². The van der Waals surface area contributed by atoms with Gasteiger partial charge in [0.05, 0.1) is 5.75 Å². The number of halogens is 1. The van der Waals surface area contributed by atoms with Crippen LogP contribution in [0.1, 0.15) is 21.3 Å². The minimum absolute atomic E-state index is 0.0387. The Labute approximate surface area is 194 Å². The fraction of sp³-hybridized carbons (Fsp3) is 0.167. The first kappa shape index (κ1) is 20.7. The molecule has 162 valence electrons. The first-order chi connectivity index (χ1) is 15.6. The monoisotopic (exact) mass is 466 g/mol. The molecule has 0 spiro atoms. The Morgan fingerprint density at radius 2 is 1.69 bits per heavy atom. The van der Waals surface area contributed by atoms with Crippen molar-refractivity contribution in [2.75, 3.05) is 29.2 Å². The second-order valence-electron chi connectivity index (χ2n) is 7.34. The van der Waals surface area contributed by atoms with Gasteiger partial charge in [-0.05, 0) is 54.1 Å². The summed E-state index contributed by atoms with van der Waals surface area (Å²) in [4.78, 5) is 26.9. The summed E-state index contributed by atoms with van der Waals surface area (Å²) < 4.78 is 11.3. The van der Waals surface area contributed by atoms with E-state index >= 15 is 0 Å². The molecule has 1 atom stereocenters. The summed E-state index contributed by atoms with van der Waals surface area (Å²) in [6, 6.07) is 19.8. The number of nitrogens with one attached hydrogen (secondary N) is 1. The highest BCUT2D eigenvalue weighted by Gasteiger charge is 2.34. The molecule has 3 aromatic carbocycles. The molecule has 1 saturated heterocycles. The zero-order valence-electron chi connectivity index (χ0n) is 16.9. The average molecular weight is 467 g/mol. The van der Waals surface area contributed by atoms with Crippen LogP contribution in [0.25, 0.3) is 0 Å². The van der Waals surface area contributed by atoms with Crippen molar-refractivity contribution in [3.63, 3.8) is 0 Å². The number of ether oxygens (including phenoxy) is 2. The SMILES string of the molecule is O=C(Nc1ccc([C@@H]2SCC(=O)N2c2ccc3c(c2)OCCO3)cc1)c1ccc(Cl)cc1. The quantitative estimate of drug-likeness (QED) is 0.576. The van der Waals surface area contributed by atoms with Crippen molar-refractivity contribution in [3.05, 3.63) is 82.9 Å². The summed E-state index contributed by atoms with van der Waals surface area (Å²) in [5.74, 6) is 1.57. The van der Waals surface area contributed by atoms with Crippen LogP contribution >= 0.6 is 23.4 Å². The fourth-order valence-electron chi connectivity index (χ4n) is 3.67. The van der Waals surface area contributed by atoms with Crippen molar-refractivity contribution in [1.82, 2.24) is 0 Å². The molecule has 2 amide bonds. The molecule has 0 aliphatic carbocycles. The van der Waals surface area contributed by atoms with Crippen molar-refractivity contribution in [2.24, 2.45) is 0 Å². The normalized spacial score (nSPS) is 17.3. The van der Waals surface area contributed by atoms with Gasteiger partial charge in [0, 0.05) is 28.0 Å². The second kappa shape index (κ2) is 8.76. The standard InChI is InChI=1S/C24H19ClN2O4S/c25-17-5-1-15(2-6-17)23(29)26-18-7-3-16(4-8-18)24-27(22(28)14-32-24)19-9-10-20-21(13-19)31-12-11-30-20/h1-10,13,24H,11-12,14H2,(H,26,29)/t24-/m0/s1. The number of hydrogen-bond donors (Lipinski definition) is 1. The van der Waals surface area contributed by atoms with Crippen LogP contribution in [0.15, 0.2) is 66.7 Å². The van der Waals surface area contributed by atoms with Gasteiger partial charge in [-0.25, -0.2) is 0 Å². The number of thioether (sulfide) groups is 1. The maximum Gasteiger partial charge on any atom is 0.255 e. The Bertz CT molecular complexity index is 1170. The molecule has 0 saturated carbocycles. The molecule has 0 unspecified atom stereocenters. The third-order valence-corrected chi connectivity index (χ3v) is 6.70. The molecule has 3 aromatic rings. The van der Waals surface area contributed by atoms with E-state index in [9.17, 15) is 9.59 Å². The van der Waals surface area contributed by atoms with Crippen molar-refractivity contribution in [2.45, 2.75) is 5.37 Å². The lowest BCUT2D eigenvalue weighted by molar-refractivity contribution is -0.115. The maximum absolute atomic E-state index is 12.7. The molecule has 2 heterocycles. The molecule has 1 N–H and O–H groups in total. The van der Waals surface area contributed by atoms with E-state index < -0.39 is 0 Å². The number of anilines is 2. The number of carbonyl (C=O) groups excluding carboxylic acids is 2. The van der Waals surface area contributed by atoms with E-state index in [4.69, 9.17) is 21.1 Å². The van der Waals surface area contributed by atoms with Crippen LogP contribution in [0.3, 0.4) is 0 Å². The first-order valence-corrected chi connectivity index (χ1v) is 11.5. The molecular weight excluding hydrogens is 448 g/mol. The van der Waals surface area contributed by atoms with Gasteiger partial charge in [0.25, 0.3) is 5.91 Å². The van der Waals surface area contributed by atoms with Crippen LogP contribution in [0.4, 0.5) is 11.4 Å². The van der Waals surface area contributed by atoms with Gasteiger partial charge in [0.1, 0.15) is 18.6 Å². The van der Waals surface area contributed by atoms with E-state index in [-0.39, 0.29) is 17.2 Å². The summed E-state index contributed by atoms with van der Waals surface area (Å²) in [5.41, 5.74) is 2.95. The predicted molar refractivity (Wildman–Crippen MR) is 126 cm³/mol. The minimum Gasteiger partial charge on any atom is -0.486 e. The number of amides is 2. The highest BCUT2D eigenvalue weighted by Crippen LogP contribution is 2.44. The number of nitrogens with zero attached hydrogens (tertiary/aromatic N) is 1. The van der Waals surface area contributed by atoms with Gasteiger partial charge >= 0.3 is 0 Å². The molecule has 8 heteroatoms. The number of carbonyl (C=O) groups is 2. The van der Waals surface area contributed by atoms with Crippen LogP contribution in [0.5, 0.6) is 11.5 Å². The summed E-state index contributed by atoms with van der Waals surface area (Å²) >= 11 is 7.45. The second-order valence-corrected chi connectivity index (χ2v) is 8.84. The van der Waals surface area contributed by atoms with Gasteiger partial charge in [-0.1, -0.05) is 23.7 Å². The molecule has 5 rings (SSSR count). The Morgan fingerprint density at radius 3 is 2.44 bits per heavy atom. The first-order valence-electron chi connectivity index (χ1n) is 10.1. The van der Waals surface area contributed by atoms with Crippen LogP contribution in [-0.2, 0) is 4.79 Å². The van der Waals surface area contributed by atoms with Crippen molar-refractivity contribution in [3.8, 4) is 11.5 Å². The summed E-state index contributed by atoms with van der Waals surface area (Å²) in [6.45, 7) is 1.01. The minimum atomic E-state index is -0.210. The molecule has 0 radical (unpaired) electrons. The van der Waals surface area contributed by atoms with Crippen molar-refractivity contribution < 1.29 is 19.1 Å². The molecule has 32 heavy (non-hydrogen) atoms. The third-order valence-electron chi connectivity index (χ3n) is 5.23. The number of hydrogen-bond acceptors (Lipinski definition) is 5. The molecule has 0 aromatic heterocycles. The largest absolute Gasteiger partial charge is 0.486 e. The number of fused-ring (bicyclic) bond motifs is 1. The third kappa shape index (κ3) is 4.13. The lowest BCUT2D eigenvalue weighted by atomic mass is 10.1. The molecular formula is C24H19ClN2O4S. The van der Waals surface area contributed by atoms with E-state index in [1.165, 1.54) is 0 Å². The van der Waals surface area contributed by atoms with Gasteiger partial charge in [-0.2, -0.15) is 0 Å². The van der Waals surface area contributed by atoms with Gasteiger partial charge < -0.3 is 14.8 Å². The van der Waals surface area contributed by atoms with Gasteiger partial charge in [0.15, 0.2) is 11.5 Å². The molecule has 2 aliphatic rings. The van der Waals surface area contributed by atoms with Crippen LogP contribution in [-0.4, -0.2) is 30.8 Å². The summed E-state index contributed by atoms with van der Waals surface area (Å²) in [6.07, 6.45) is 0. The average Bonchev–Trinajstić information content (AvgIpc) is 3.21. The number of benzene rings is 3. The van der Waals surface area contributed by atoms with E-state index in [1.54, 1.807) is 40.9 Å². The lowest BCUT2D eigenvalue weighted by Gasteiger charge is -2.26. The van der Waals surface area contributed by atoms with Crippen molar-refractivity contribution >= 4 is 46.6 Å². The van der Waals surface area contributed by atoms with E-state index in [0.29, 0.717) is 46.7 Å². The molecule has 6 nitrogen and oxygen atoms in total. The predicted octanol–water partition coefficient (Wildman–Crippen LogP) is 5.14. The molecule has 1 fully saturated rings. The van der Waals surface area contributed by atoms with Gasteiger partial charge in [0.2, 0.25) is 5.91 Å². The topological polar surface area (TPSA) is 67.9 Å². The van der Waals surface area contributed by atoms with E-state index in [1.807, 2.05) is 42.5 Å². The molecule has 0 bridgehead atoms. The fourth-order valence-corrected chi connectivity index (χ4v) is 4.97. The summed E-state index contributed by atoms with van der Waals surface area (Å²) in [5, 5.41) is 3.30. The lowest BCUT2D eigenvalue weighted by Crippen LogP contribution is -2.28.